The zero-order valence-electron chi connectivity index (χ0n) is 17.6. The number of hydrogen-bond acceptors (Lipinski definition) is 5. The van der Waals surface area contributed by atoms with Crippen molar-refractivity contribution in [2.45, 2.75) is 32.1 Å². The Labute approximate surface area is 173 Å². The summed E-state index contributed by atoms with van der Waals surface area (Å²) in [5, 5.41) is 0. The predicted molar refractivity (Wildman–Crippen MR) is 114 cm³/mol. The van der Waals surface area contributed by atoms with Crippen molar-refractivity contribution in [3.8, 4) is 5.75 Å². The van der Waals surface area contributed by atoms with E-state index >= 15 is 0 Å². The molecule has 2 heterocycles. The molecule has 3 rings (SSSR count). The number of amides is 1. The lowest BCUT2D eigenvalue weighted by atomic mass is 9.97. The minimum atomic E-state index is 0.186. The van der Waals surface area contributed by atoms with Gasteiger partial charge in [0.1, 0.15) is 5.75 Å². The van der Waals surface area contributed by atoms with Crippen LogP contribution in [0, 0.1) is 5.92 Å². The quantitative estimate of drug-likeness (QED) is 0.652. The van der Waals surface area contributed by atoms with Crippen molar-refractivity contribution in [3.63, 3.8) is 0 Å². The van der Waals surface area contributed by atoms with Crippen LogP contribution >= 0.6 is 0 Å². The van der Waals surface area contributed by atoms with Crippen LogP contribution in [0.5, 0.6) is 5.75 Å². The Hall–Kier alpha value is -2.47. The highest BCUT2D eigenvalue weighted by Crippen LogP contribution is 2.19. The lowest BCUT2D eigenvalue weighted by Crippen LogP contribution is -2.42. The normalized spacial score (nSPS) is 17.1. The van der Waals surface area contributed by atoms with Crippen molar-refractivity contribution < 1.29 is 9.53 Å². The summed E-state index contributed by atoms with van der Waals surface area (Å²) in [6.45, 7) is 4.11. The van der Waals surface area contributed by atoms with Crippen molar-refractivity contribution in [1.82, 2.24) is 19.8 Å². The maximum Gasteiger partial charge on any atom is 0.222 e. The summed E-state index contributed by atoms with van der Waals surface area (Å²) < 4.78 is 5.23. The van der Waals surface area contributed by atoms with Crippen LogP contribution in [0.15, 0.2) is 42.9 Å². The van der Waals surface area contributed by atoms with Crippen LogP contribution < -0.4 is 4.74 Å². The van der Waals surface area contributed by atoms with E-state index in [-0.39, 0.29) is 5.91 Å². The maximum absolute atomic E-state index is 12.5. The van der Waals surface area contributed by atoms with Crippen LogP contribution in [0.3, 0.4) is 0 Å². The smallest absolute Gasteiger partial charge is 0.222 e. The predicted octanol–water partition coefficient (Wildman–Crippen LogP) is 2.83. The van der Waals surface area contributed by atoms with Crippen LogP contribution in [-0.4, -0.2) is 66.0 Å². The second-order valence-corrected chi connectivity index (χ2v) is 7.88. The Morgan fingerprint density at radius 2 is 2.07 bits per heavy atom. The average Bonchev–Trinajstić information content (AvgIpc) is 2.77. The largest absolute Gasteiger partial charge is 0.497 e. The third-order valence-electron chi connectivity index (χ3n) is 5.65. The first-order valence-electron chi connectivity index (χ1n) is 10.5. The van der Waals surface area contributed by atoms with Gasteiger partial charge in [-0.1, -0.05) is 12.1 Å². The number of hydrogen-bond donors (Lipinski definition) is 0. The van der Waals surface area contributed by atoms with Gasteiger partial charge in [-0.25, -0.2) is 0 Å². The van der Waals surface area contributed by atoms with E-state index in [2.05, 4.69) is 27.0 Å². The number of benzene rings is 1. The fourth-order valence-electron chi connectivity index (χ4n) is 3.96. The molecule has 1 fully saturated rings. The van der Waals surface area contributed by atoms with E-state index in [1.54, 1.807) is 25.7 Å². The van der Waals surface area contributed by atoms with Crippen LogP contribution in [0.1, 0.15) is 30.5 Å². The lowest BCUT2D eigenvalue weighted by molar-refractivity contribution is -0.130. The number of likely N-dealkylation sites (tertiary alicyclic amines) is 1. The molecule has 156 valence electrons. The fourth-order valence-corrected chi connectivity index (χ4v) is 3.96. The molecule has 0 saturated carbocycles. The maximum atomic E-state index is 12.5. The highest BCUT2D eigenvalue weighted by molar-refractivity contribution is 5.76. The molecule has 1 aromatic carbocycles. The van der Waals surface area contributed by atoms with Crippen molar-refractivity contribution in [2.24, 2.45) is 5.92 Å². The summed E-state index contributed by atoms with van der Waals surface area (Å²) in [4.78, 5) is 25.2. The molecule has 1 atom stereocenters. The second kappa shape index (κ2) is 10.9. The summed E-state index contributed by atoms with van der Waals surface area (Å²) in [5.74, 6) is 1.63. The van der Waals surface area contributed by atoms with Crippen LogP contribution in [0.2, 0.25) is 0 Å². The number of nitrogens with zero attached hydrogens (tertiary/aromatic N) is 4. The Kier molecular flexibility index (Phi) is 7.99. The number of aryl methyl sites for hydroxylation is 1. The molecule has 0 radical (unpaired) electrons. The molecular weight excluding hydrogens is 364 g/mol. The molecule has 0 aliphatic carbocycles. The molecule has 0 N–H and O–H groups in total. The van der Waals surface area contributed by atoms with E-state index in [4.69, 9.17) is 4.74 Å². The van der Waals surface area contributed by atoms with Gasteiger partial charge in [-0.05, 0) is 55.8 Å². The SMILES string of the molecule is COc1ccc(CCN2CCCC(CN(C)C(=O)CCc3cnccn3)C2)cc1. The van der Waals surface area contributed by atoms with E-state index < -0.39 is 0 Å². The molecule has 1 aliphatic rings. The first-order valence-corrected chi connectivity index (χ1v) is 10.5. The lowest BCUT2D eigenvalue weighted by Gasteiger charge is -2.34. The number of aromatic nitrogens is 2. The summed E-state index contributed by atoms with van der Waals surface area (Å²) in [6, 6.07) is 8.33. The number of methoxy groups -OCH3 is 1. The van der Waals surface area contributed by atoms with Crippen molar-refractivity contribution in [1.29, 1.82) is 0 Å². The highest BCUT2D eigenvalue weighted by Gasteiger charge is 2.22. The van der Waals surface area contributed by atoms with Gasteiger partial charge < -0.3 is 14.5 Å². The minimum Gasteiger partial charge on any atom is -0.497 e. The third kappa shape index (κ3) is 6.82. The van der Waals surface area contributed by atoms with Crippen molar-refractivity contribution in [2.75, 3.05) is 40.3 Å². The van der Waals surface area contributed by atoms with Gasteiger partial charge in [0.05, 0.1) is 12.8 Å². The topological polar surface area (TPSA) is 58.6 Å². The van der Waals surface area contributed by atoms with Crippen molar-refractivity contribution in [3.05, 3.63) is 54.1 Å². The van der Waals surface area contributed by atoms with E-state index in [0.29, 0.717) is 18.8 Å². The molecule has 29 heavy (non-hydrogen) atoms. The standard InChI is InChI=1S/C23H32N4O2/c1-26(23(28)10-7-21-16-24-12-13-25-21)17-20-4-3-14-27(18-20)15-11-19-5-8-22(29-2)9-6-19/h5-6,8-9,12-13,16,20H,3-4,7,10-11,14-15,17-18H2,1-2H3. The number of carbonyl (C=O) groups excluding carboxylic acids is 1. The molecule has 1 aliphatic heterocycles. The second-order valence-electron chi connectivity index (χ2n) is 7.88. The van der Waals surface area contributed by atoms with Gasteiger partial charge >= 0.3 is 0 Å². The van der Waals surface area contributed by atoms with Gasteiger partial charge in [0, 0.05) is 51.7 Å². The van der Waals surface area contributed by atoms with Crippen LogP contribution in [0.25, 0.3) is 0 Å². The molecule has 2 aromatic rings. The van der Waals surface area contributed by atoms with Gasteiger partial charge in [-0.3, -0.25) is 14.8 Å². The Morgan fingerprint density at radius 1 is 1.24 bits per heavy atom. The molecule has 1 unspecified atom stereocenters. The molecule has 0 bridgehead atoms. The summed E-state index contributed by atoms with van der Waals surface area (Å²) in [7, 11) is 3.62. The zero-order valence-corrected chi connectivity index (χ0v) is 17.6. The summed E-state index contributed by atoms with van der Waals surface area (Å²) >= 11 is 0. The first kappa shape index (κ1) is 21.2. The summed E-state index contributed by atoms with van der Waals surface area (Å²) in [6.07, 6.45) is 9.64. The Bertz CT molecular complexity index is 751. The van der Waals surface area contributed by atoms with Gasteiger partial charge in [0.2, 0.25) is 5.91 Å². The van der Waals surface area contributed by atoms with E-state index in [9.17, 15) is 4.79 Å². The molecular formula is C23H32N4O2. The van der Waals surface area contributed by atoms with E-state index in [1.807, 2.05) is 24.1 Å². The molecule has 6 nitrogen and oxygen atoms in total. The van der Waals surface area contributed by atoms with E-state index in [1.165, 1.54) is 18.4 Å². The monoisotopic (exact) mass is 396 g/mol. The number of rotatable bonds is 9. The molecule has 1 saturated heterocycles. The average molecular weight is 397 g/mol. The fraction of sp³-hybridized carbons (Fsp3) is 0.522. The first-order chi connectivity index (χ1) is 14.1. The molecule has 6 heteroatoms. The Balaban J connectivity index is 1.40. The number of piperidine rings is 1. The van der Waals surface area contributed by atoms with Gasteiger partial charge in [-0.15, -0.1) is 0 Å². The highest BCUT2D eigenvalue weighted by atomic mass is 16.5. The van der Waals surface area contributed by atoms with Crippen LogP contribution in [0.4, 0.5) is 0 Å². The van der Waals surface area contributed by atoms with E-state index in [0.717, 1.165) is 44.0 Å². The molecule has 1 amide bonds. The minimum absolute atomic E-state index is 0.186. The van der Waals surface area contributed by atoms with Crippen LogP contribution in [-0.2, 0) is 17.6 Å². The van der Waals surface area contributed by atoms with Gasteiger partial charge in [0.15, 0.2) is 0 Å². The number of ether oxygens (including phenoxy) is 1. The number of carbonyl (C=O) groups is 1. The molecule has 0 spiro atoms. The summed E-state index contributed by atoms with van der Waals surface area (Å²) in [5.41, 5.74) is 2.21. The third-order valence-corrected chi connectivity index (χ3v) is 5.65. The molecule has 1 aromatic heterocycles. The van der Waals surface area contributed by atoms with Gasteiger partial charge in [-0.2, -0.15) is 0 Å². The van der Waals surface area contributed by atoms with Crippen molar-refractivity contribution >= 4 is 5.91 Å². The zero-order chi connectivity index (χ0) is 20.5. The van der Waals surface area contributed by atoms with Gasteiger partial charge in [0.25, 0.3) is 0 Å². The Morgan fingerprint density at radius 3 is 2.79 bits per heavy atom.